The zero-order valence-corrected chi connectivity index (χ0v) is 14.1. The number of hydrogen-bond acceptors (Lipinski definition) is 6. The Morgan fingerprint density at radius 1 is 1.29 bits per heavy atom. The highest BCUT2D eigenvalue weighted by atomic mass is 32.2. The summed E-state index contributed by atoms with van der Waals surface area (Å²) >= 11 is 1.35. The molecule has 1 amide bonds. The molecule has 1 aromatic rings. The number of amides is 1. The lowest BCUT2D eigenvalue weighted by atomic mass is 10.1. The smallest absolute Gasteiger partial charge is 0.302 e. The third kappa shape index (κ3) is 3.79. The molecule has 0 aromatic heterocycles. The molecule has 2 heterocycles. The van der Waals surface area contributed by atoms with Gasteiger partial charge in [-0.1, -0.05) is 30.0 Å². The largest absolute Gasteiger partial charge is 0.463 e. The standard InChI is InChI=1S/C17H16N2O4S/c1-11(20)19(13-6-4-3-5-7-13)17-18-15-9-8-14(10-22-12(2)21)23-16(15)24-17/h3-7,14-16H,10H2,1-2H3/t14-,15-,16-/m1/s1. The molecular formula is C17H16N2O4S. The zero-order valence-electron chi connectivity index (χ0n) is 13.3. The molecule has 24 heavy (non-hydrogen) atoms. The van der Waals surface area contributed by atoms with Crippen molar-refractivity contribution < 1.29 is 19.1 Å². The maximum absolute atomic E-state index is 12.1. The van der Waals surface area contributed by atoms with Crippen molar-refractivity contribution in [3.05, 3.63) is 43.2 Å². The second-order valence-corrected chi connectivity index (χ2v) is 6.31. The first-order chi connectivity index (χ1) is 11.5. The molecule has 124 valence electrons. The van der Waals surface area contributed by atoms with E-state index in [1.165, 1.54) is 25.6 Å². The third-order valence-corrected chi connectivity index (χ3v) is 4.48. The minimum Gasteiger partial charge on any atom is -0.463 e. The second kappa shape index (κ2) is 7.36. The van der Waals surface area contributed by atoms with Crippen LogP contribution in [0.15, 0.2) is 35.3 Å². The molecule has 0 N–H and O–H groups in total. The zero-order chi connectivity index (χ0) is 17.1. The van der Waals surface area contributed by atoms with Crippen molar-refractivity contribution in [1.29, 1.82) is 0 Å². The van der Waals surface area contributed by atoms with E-state index in [9.17, 15) is 9.59 Å². The lowest BCUT2D eigenvalue weighted by Crippen LogP contribution is -2.37. The fourth-order valence-electron chi connectivity index (χ4n) is 2.34. The van der Waals surface area contributed by atoms with Gasteiger partial charge in [-0.15, -0.1) is 0 Å². The maximum Gasteiger partial charge on any atom is 0.302 e. The highest BCUT2D eigenvalue weighted by molar-refractivity contribution is 8.15. The number of benzene rings is 1. The Morgan fingerprint density at radius 2 is 2.04 bits per heavy atom. The molecule has 6 nitrogen and oxygen atoms in total. The molecule has 0 saturated carbocycles. The van der Waals surface area contributed by atoms with E-state index < -0.39 is 6.10 Å². The first-order valence-corrected chi connectivity index (χ1v) is 8.32. The molecule has 0 unspecified atom stereocenters. The summed E-state index contributed by atoms with van der Waals surface area (Å²) in [5, 5.41) is 0.561. The number of rotatable bonds is 3. The van der Waals surface area contributed by atoms with Gasteiger partial charge in [-0.25, -0.2) is 0 Å². The van der Waals surface area contributed by atoms with Crippen molar-refractivity contribution >= 4 is 34.5 Å². The van der Waals surface area contributed by atoms with Gasteiger partial charge in [-0.2, -0.15) is 0 Å². The fourth-order valence-corrected chi connectivity index (χ4v) is 3.51. The van der Waals surface area contributed by atoms with Crippen molar-refractivity contribution in [3.63, 3.8) is 0 Å². The third-order valence-electron chi connectivity index (χ3n) is 3.38. The van der Waals surface area contributed by atoms with E-state index in [1.54, 1.807) is 4.90 Å². The summed E-state index contributed by atoms with van der Waals surface area (Å²) in [6, 6.07) is 8.99. The van der Waals surface area contributed by atoms with Crippen LogP contribution in [0.4, 0.5) is 5.69 Å². The Labute approximate surface area is 145 Å². The van der Waals surface area contributed by atoms with Gasteiger partial charge in [0.2, 0.25) is 5.91 Å². The molecule has 4 radical (unpaired) electrons. The van der Waals surface area contributed by atoms with Crippen LogP contribution in [0.5, 0.6) is 0 Å². The molecule has 0 bridgehead atoms. The number of para-hydroxylation sites is 1. The van der Waals surface area contributed by atoms with E-state index in [2.05, 4.69) is 17.8 Å². The highest BCUT2D eigenvalue weighted by Crippen LogP contribution is 2.37. The van der Waals surface area contributed by atoms with Crippen molar-refractivity contribution in [2.75, 3.05) is 11.5 Å². The van der Waals surface area contributed by atoms with E-state index in [-0.39, 0.29) is 30.0 Å². The summed E-state index contributed by atoms with van der Waals surface area (Å²) in [6.07, 6.45) is 5.45. The van der Waals surface area contributed by atoms with Crippen LogP contribution in [-0.2, 0) is 19.1 Å². The minimum atomic E-state index is -0.472. The number of amidine groups is 1. The van der Waals surface area contributed by atoms with Crippen LogP contribution >= 0.6 is 11.8 Å². The molecule has 1 fully saturated rings. The predicted molar refractivity (Wildman–Crippen MR) is 90.2 cm³/mol. The Balaban J connectivity index is 1.69. The molecule has 7 heteroatoms. The lowest BCUT2D eigenvalue weighted by Gasteiger charge is -2.29. The van der Waals surface area contributed by atoms with Crippen LogP contribution < -0.4 is 4.90 Å². The normalized spacial score (nSPS) is 25.6. The number of ether oxygens (including phenoxy) is 2. The number of thioether (sulfide) groups is 1. The molecule has 1 saturated heterocycles. The Hall–Kier alpha value is -1.86. The van der Waals surface area contributed by atoms with E-state index in [0.717, 1.165) is 5.69 Å². The van der Waals surface area contributed by atoms with Crippen LogP contribution in [-0.4, -0.2) is 41.2 Å². The van der Waals surface area contributed by atoms with Gasteiger partial charge in [0.05, 0.1) is 11.7 Å². The van der Waals surface area contributed by atoms with E-state index >= 15 is 0 Å². The number of anilines is 1. The average Bonchev–Trinajstić information content (AvgIpc) is 2.96. The number of fused-ring (bicyclic) bond motifs is 1. The van der Waals surface area contributed by atoms with Crippen LogP contribution in [0.2, 0.25) is 0 Å². The molecule has 3 rings (SSSR count). The van der Waals surface area contributed by atoms with Crippen LogP contribution in [0.1, 0.15) is 13.8 Å². The number of hydrogen-bond donors (Lipinski definition) is 0. The number of nitrogens with zero attached hydrogens (tertiary/aromatic N) is 2. The molecule has 3 atom stereocenters. The van der Waals surface area contributed by atoms with Gasteiger partial charge < -0.3 is 9.47 Å². The van der Waals surface area contributed by atoms with Gasteiger partial charge in [0.25, 0.3) is 0 Å². The Bertz CT molecular complexity index is 649. The summed E-state index contributed by atoms with van der Waals surface area (Å²) in [4.78, 5) is 29.0. The number of carbonyl (C=O) groups excluding carboxylic acids is 2. The van der Waals surface area contributed by atoms with Gasteiger partial charge in [-0.3, -0.25) is 19.5 Å². The second-order valence-electron chi connectivity index (χ2n) is 5.25. The average molecular weight is 344 g/mol. The predicted octanol–water partition coefficient (Wildman–Crippen LogP) is 1.96. The number of aliphatic imine (C=N–C) groups is 1. The van der Waals surface area contributed by atoms with Gasteiger partial charge in [0, 0.05) is 26.7 Å². The summed E-state index contributed by atoms with van der Waals surface area (Å²) in [7, 11) is 0. The van der Waals surface area contributed by atoms with E-state index in [0.29, 0.717) is 5.17 Å². The highest BCUT2D eigenvalue weighted by Gasteiger charge is 2.40. The number of carbonyl (C=O) groups is 2. The summed E-state index contributed by atoms with van der Waals surface area (Å²) < 4.78 is 10.8. The van der Waals surface area contributed by atoms with Crippen LogP contribution in [0.25, 0.3) is 0 Å². The molecule has 0 aliphatic carbocycles. The first-order valence-electron chi connectivity index (χ1n) is 7.44. The summed E-state index contributed by atoms with van der Waals surface area (Å²) in [6.45, 7) is 2.93. The lowest BCUT2D eigenvalue weighted by molar-refractivity contribution is -0.145. The van der Waals surface area contributed by atoms with Gasteiger partial charge in [0.15, 0.2) is 5.17 Å². The quantitative estimate of drug-likeness (QED) is 0.784. The van der Waals surface area contributed by atoms with Crippen molar-refractivity contribution in [2.24, 2.45) is 4.99 Å². The van der Waals surface area contributed by atoms with Crippen molar-refractivity contribution in [3.8, 4) is 0 Å². The van der Waals surface area contributed by atoms with Gasteiger partial charge >= 0.3 is 5.97 Å². The monoisotopic (exact) mass is 344 g/mol. The van der Waals surface area contributed by atoms with Crippen LogP contribution in [0.3, 0.4) is 0 Å². The summed E-state index contributed by atoms with van der Waals surface area (Å²) in [5.74, 6) is -0.499. The van der Waals surface area contributed by atoms with E-state index in [1.807, 2.05) is 30.3 Å². The molecular weight excluding hydrogens is 328 g/mol. The number of esters is 1. The van der Waals surface area contributed by atoms with Crippen molar-refractivity contribution in [1.82, 2.24) is 0 Å². The minimum absolute atomic E-state index is 0.0938. The Morgan fingerprint density at radius 3 is 2.71 bits per heavy atom. The topological polar surface area (TPSA) is 68.2 Å². The molecule has 0 spiro atoms. The summed E-state index contributed by atoms with van der Waals surface area (Å²) in [5.41, 5.74) is 0.437. The van der Waals surface area contributed by atoms with Crippen LogP contribution in [0, 0.1) is 12.8 Å². The first kappa shape index (κ1) is 17.0. The Kier molecular flexibility index (Phi) is 5.20. The SMILES string of the molecule is CC(=O)OC[C@H]1[C][C][C@H]2N=C(N(C(C)=O)c3ccccc3)S[C@H]2O1. The molecule has 2 aliphatic rings. The fraction of sp³-hybridized carbons (Fsp3) is 0.353. The molecule has 2 aliphatic heterocycles. The maximum atomic E-state index is 12.1. The van der Waals surface area contributed by atoms with Gasteiger partial charge in [0.1, 0.15) is 18.1 Å². The van der Waals surface area contributed by atoms with Crippen molar-refractivity contribution in [2.45, 2.75) is 31.4 Å². The van der Waals surface area contributed by atoms with E-state index in [4.69, 9.17) is 9.47 Å². The van der Waals surface area contributed by atoms with Gasteiger partial charge in [-0.05, 0) is 12.1 Å². The molecule has 1 aromatic carbocycles.